The molecule has 28 heavy (non-hydrogen) atoms. The lowest BCUT2D eigenvalue weighted by atomic mass is 10.1. The Morgan fingerprint density at radius 1 is 1.32 bits per heavy atom. The number of carbonyl (C=O) groups excluding carboxylic acids is 2. The Balaban J connectivity index is 1.36. The average molecular weight is 419 g/mol. The van der Waals surface area contributed by atoms with Crippen LogP contribution in [0.3, 0.4) is 0 Å². The van der Waals surface area contributed by atoms with E-state index < -0.39 is 5.92 Å². The van der Waals surface area contributed by atoms with E-state index in [2.05, 4.69) is 15.5 Å². The number of methoxy groups -OCH3 is 1. The third kappa shape index (κ3) is 4.30. The van der Waals surface area contributed by atoms with Gasteiger partial charge in [-0.05, 0) is 25.0 Å². The summed E-state index contributed by atoms with van der Waals surface area (Å²) in [5.74, 6) is 0.0170. The van der Waals surface area contributed by atoms with E-state index in [1.54, 1.807) is 29.8 Å². The minimum Gasteiger partial charge on any atom is -0.497 e. The van der Waals surface area contributed by atoms with Crippen LogP contribution in [0.5, 0.6) is 5.75 Å². The van der Waals surface area contributed by atoms with Gasteiger partial charge in [-0.2, -0.15) is 0 Å². The number of thioether (sulfide) groups is 1. The van der Waals surface area contributed by atoms with Crippen LogP contribution in [0, 0.1) is 5.92 Å². The van der Waals surface area contributed by atoms with Gasteiger partial charge >= 0.3 is 0 Å². The second kappa shape index (κ2) is 8.48. The second-order valence-electron chi connectivity index (χ2n) is 6.99. The molecule has 1 N–H and O–H groups in total. The van der Waals surface area contributed by atoms with Gasteiger partial charge in [0.25, 0.3) is 0 Å². The lowest BCUT2D eigenvalue weighted by Gasteiger charge is -2.17. The monoisotopic (exact) mass is 418 g/mol. The molecule has 0 bridgehead atoms. The van der Waals surface area contributed by atoms with Crippen LogP contribution in [0.1, 0.15) is 32.1 Å². The molecular formula is C19H22N4O3S2. The van der Waals surface area contributed by atoms with E-state index in [1.165, 1.54) is 37.0 Å². The van der Waals surface area contributed by atoms with Crippen molar-refractivity contribution in [1.82, 2.24) is 10.2 Å². The van der Waals surface area contributed by atoms with Crippen LogP contribution in [0.25, 0.3) is 0 Å². The number of amides is 2. The fourth-order valence-electron chi connectivity index (χ4n) is 3.58. The minimum atomic E-state index is -0.409. The molecule has 2 amide bonds. The normalized spacial score (nSPS) is 20.0. The van der Waals surface area contributed by atoms with Gasteiger partial charge in [-0.15, -0.1) is 10.2 Å². The molecule has 1 saturated heterocycles. The van der Waals surface area contributed by atoms with Gasteiger partial charge in [-0.1, -0.05) is 42.0 Å². The maximum atomic E-state index is 12.6. The number of ether oxygens (including phenoxy) is 1. The molecule has 2 aromatic rings. The number of carbonyl (C=O) groups is 2. The molecule has 0 spiro atoms. The van der Waals surface area contributed by atoms with Crippen molar-refractivity contribution in [3.05, 3.63) is 24.3 Å². The zero-order chi connectivity index (χ0) is 19.5. The Morgan fingerprint density at radius 3 is 2.93 bits per heavy atom. The lowest BCUT2D eigenvalue weighted by Crippen LogP contribution is -2.28. The summed E-state index contributed by atoms with van der Waals surface area (Å²) >= 11 is 3.16. The number of hydrogen-bond donors (Lipinski definition) is 1. The summed E-state index contributed by atoms with van der Waals surface area (Å²) in [5, 5.41) is 12.2. The van der Waals surface area contributed by atoms with Gasteiger partial charge in [0.1, 0.15) is 5.75 Å². The van der Waals surface area contributed by atoms with Crippen molar-refractivity contribution < 1.29 is 14.3 Å². The third-order valence-electron chi connectivity index (χ3n) is 5.07. The molecule has 1 aliphatic heterocycles. The molecule has 1 aromatic carbocycles. The van der Waals surface area contributed by atoms with Crippen LogP contribution in [0.2, 0.25) is 0 Å². The van der Waals surface area contributed by atoms with Crippen LogP contribution in [0.15, 0.2) is 28.6 Å². The number of nitrogens with zero attached hydrogens (tertiary/aromatic N) is 3. The number of aromatic nitrogens is 2. The molecule has 148 valence electrons. The highest BCUT2D eigenvalue weighted by Crippen LogP contribution is 2.37. The van der Waals surface area contributed by atoms with Gasteiger partial charge in [-0.3, -0.25) is 9.59 Å². The smallest absolute Gasteiger partial charge is 0.231 e. The Morgan fingerprint density at radius 2 is 2.14 bits per heavy atom. The highest BCUT2D eigenvalue weighted by Gasteiger charge is 2.35. The highest BCUT2D eigenvalue weighted by atomic mass is 32.2. The molecule has 9 heteroatoms. The predicted molar refractivity (Wildman–Crippen MR) is 110 cm³/mol. The molecule has 1 aromatic heterocycles. The predicted octanol–water partition coefficient (Wildman–Crippen LogP) is 3.57. The van der Waals surface area contributed by atoms with Crippen molar-refractivity contribution in [2.75, 3.05) is 23.9 Å². The van der Waals surface area contributed by atoms with E-state index in [4.69, 9.17) is 4.74 Å². The summed E-state index contributed by atoms with van der Waals surface area (Å²) in [4.78, 5) is 26.7. The van der Waals surface area contributed by atoms with E-state index >= 15 is 0 Å². The van der Waals surface area contributed by atoms with Gasteiger partial charge in [0.2, 0.25) is 16.9 Å². The molecule has 0 unspecified atom stereocenters. The van der Waals surface area contributed by atoms with Gasteiger partial charge < -0.3 is 15.0 Å². The van der Waals surface area contributed by atoms with E-state index in [0.29, 0.717) is 22.7 Å². The summed E-state index contributed by atoms with van der Waals surface area (Å²) in [7, 11) is 1.59. The summed E-state index contributed by atoms with van der Waals surface area (Å²) in [6.45, 7) is 0.348. The molecule has 1 atom stereocenters. The third-order valence-corrected chi connectivity index (χ3v) is 7.33. The van der Waals surface area contributed by atoms with Gasteiger partial charge in [0.05, 0.1) is 13.0 Å². The first-order valence-corrected chi connectivity index (χ1v) is 11.1. The van der Waals surface area contributed by atoms with Crippen molar-refractivity contribution in [2.45, 2.75) is 41.7 Å². The second-order valence-corrected chi connectivity index (χ2v) is 9.52. The van der Waals surface area contributed by atoms with Crippen LogP contribution in [-0.4, -0.2) is 40.9 Å². The standard InChI is InChI=1S/C19H22N4O3S2/c1-26-14-6-4-5-13(10-14)23-11-12(9-16(23)24)17(25)20-18-21-22-19(28-18)27-15-7-2-3-8-15/h4-6,10,12,15H,2-3,7-9,11H2,1H3,(H,20,21,25)/t12-/m0/s1. The molecule has 2 heterocycles. The van der Waals surface area contributed by atoms with E-state index in [0.717, 1.165) is 10.0 Å². The van der Waals surface area contributed by atoms with Gasteiger partial charge in [0, 0.05) is 30.0 Å². The Bertz CT molecular complexity index is 866. The van der Waals surface area contributed by atoms with Crippen LogP contribution in [-0.2, 0) is 9.59 Å². The van der Waals surface area contributed by atoms with Gasteiger partial charge in [-0.25, -0.2) is 0 Å². The quantitative estimate of drug-likeness (QED) is 0.722. The maximum absolute atomic E-state index is 12.6. The molecular weight excluding hydrogens is 396 g/mol. The number of rotatable bonds is 6. The minimum absolute atomic E-state index is 0.0665. The van der Waals surface area contributed by atoms with Crippen molar-refractivity contribution in [1.29, 1.82) is 0 Å². The summed E-state index contributed by atoms with van der Waals surface area (Å²) in [6.07, 6.45) is 5.18. The highest BCUT2D eigenvalue weighted by molar-refractivity contribution is 8.01. The van der Waals surface area contributed by atoms with Crippen molar-refractivity contribution in [3.8, 4) is 5.75 Å². The summed E-state index contributed by atoms with van der Waals surface area (Å²) in [5.41, 5.74) is 0.741. The molecule has 4 rings (SSSR count). The van der Waals surface area contributed by atoms with Crippen molar-refractivity contribution in [2.24, 2.45) is 5.92 Å². The fraction of sp³-hybridized carbons (Fsp3) is 0.474. The molecule has 1 saturated carbocycles. The summed E-state index contributed by atoms with van der Waals surface area (Å²) < 4.78 is 6.11. The summed E-state index contributed by atoms with van der Waals surface area (Å²) in [6, 6.07) is 7.30. The van der Waals surface area contributed by atoms with Crippen molar-refractivity contribution in [3.63, 3.8) is 0 Å². The zero-order valence-corrected chi connectivity index (χ0v) is 17.2. The first-order valence-electron chi connectivity index (χ1n) is 9.38. The van der Waals surface area contributed by atoms with Crippen molar-refractivity contribution >= 4 is 45.7 Å². The van der Waals surface area contributed by atoms with Gasteiger partial charge in [0.15, 0.2) is 4.34 Å². The molecule has 7 nitrogen and oxygen atoms in total. The first-order chi connectivity index (χ1) is 13.6. The van der Waals surface area contributed by atoms with Crippen LogP contribution < -0.4 is 15.0 Å². The Kier molecular flexibility index (Phi) is 5.82. The van der Waals surface area contributed by atoms with E-state index in [9.17, 15) is 9.59 Å². The van der Waals surface area contributed by atoms with E-state index in [1.807, 2.05) is 18.2 Å². The molecule has 2 fully saturated rings. The molecule has 1 aliphatic carbocycles. The Labute approximate surface area is 171 Å². The largest absolute Gasteiger partial charge is 0.497 e. The number of hydrogen-bond acceptors (Lipinski definition) is 7. The lowest BCUT2D eigenvalue weighted by molar-refractivity contribution is -0.122. The Hall–Kier alpha value is -2.13. The number of benzene rings is 1. The number of anilines is 2. The maximum Gasteiger partial charge on any atom is 0.231 e. The van der Waals surface area contributed by atoms with Crippen LogP contribution >= 0.6 is 23.1 Å². The van der Waals surface area contributed by atoms with Crippen LogP contribution in [0.4, 0.5) is 10.8 Å². The number of nitrogens with one attached hydrogen (secondary N) is 1. The topological polar surface area (TPSA) is 84.4 Å². The van der Waals surface area contributed by atoms with E-state index in [-0.39, 0.29) is 18.2 Å². The fourth-order valence-corrected chi connectivity index (χ4v) is 5.84. The average Bonchev–Trinajstić information content (AvgIpc) is 3.44. The first kappa shape index (κ1) is 19.2. The molecule has 0 radical (unpaired) electrons. The zero-order valence-electron chi connectivity index (χ0n) is 15.6. The SMILES string of the molecule is COc1cccc(N2C[C@@H](C(=O)Nc3nnc(SC4CCCC4)s3)CC2=O)c1. The molecule has 2 aliphatic rings.